The normalized spacial score (nSPS) is 12.8. The van der Waals surface area contributed by atoms with Crippen LogP contribution in [-0.4, -0.2) is 17.7 Å². The van der Waals surface area contributed by atoms with E-state index >= 15 is 0 Å². The Kier molecular flexibility index (Phi) is 2.73. The van der Waals surface area contributed by atoms with Gasteiger partial charge in [-0.2, -0.15) is 8.78 Å². The van der Waals surface area contributed by atoms with E-state index in [1.807, 2.05) is 0 Å². The average molecular weight is 195 g/mol. The van der Waals surface area contributed by atoms with E-state index in [0.717, 1.165) is 0 Å². The molecule has 0 saturated heterocycles. The highest BCUT2D eigenvalue weighted by molar-refractivity contribution is 9.09. The first-order valence-corrected chi connectivity index (χ1v) is 2.85. The topological polar surface area (TPSA) is 0 Å². The van der Waals surface area contributed by atoms with Crippen molar-refractivity contribution in [3.05, 3.63) is 0 Å². The van der Waals surface area contributed by atoms with Gasteiger partial charge in [-0.3, -0.25) is 0 Å². The van der Waals surface area contributed by atoms with Crippen LogP contribution in [0.15, 0.2) is 0 Å². The lowest BCUT2D eigenvalue weighted by molar-refractivity contribution is -0.109. The molecule has 0 bridgehead atoms. The summed E-state index contributed by atoms with van der Waals surface area (Å²) >= 11 is 2.24. The van der Waals surface area contributed by atoms with E-state index in [1.54, 1.807) is 0 Å². The molecule has 0 aliphatic rings. The van der Waals surface area contributed by atoms with Crippen molar-refractivity contribution in [2.45, 2.75) is 12.3 Å². The fourth-order valence-electron chi connectivity index (χ4n) is 0.0583. The van der Waals surface area contributed by atoms with Crippen molar-refractivity contribution in [1.29, 1.82) is 0 Å². The van der Waals surface area contributed by atoms with Crippen LogP contribution in [-0.2, 0) is 0 Å². The molecule has 0 fully saturated rings. The Morgan fingerprint density at radius 3 is 1.75 bits per heavy atom. The molecule has 0 spiro atoms. The van der Waals surface area contributed by atoms with Crippen LogP contribution in [0.2, 0.25) is 0 Å². The van der Waals surface area contributed by atoms with Crippen molar-refractivity contribution < 1.29 is 17.6 Å². The highest BCUT2D eigenvalue weighted by Crippen LogP contribution is 2.24. The van der Waals surface area contributed by atoms with Crippen molar-refractivity contribution in [2.24, 2.45) is 0 Å². The summed E-state index contributed by atoms with van der Waals surface area (Å²) in [5.41, 5.74) is 0. The van der Waals surface area contributed by atoms with Gasteiger partial charge < -0.3 is 0 Å². The van der Waals surface area contributed by atoms with Gasteiger partial charge in [-0.05, 0) is 0 Å². The quantitative estimate of drug-likeness (QED) is 0.468. The van der Waals surface area contributed by atoms with E-state index in [0.29, 0.717) is 0 Å². The molecule has 5 heteroatoms. The van der Waals surface area contributed by atoms with E-state index in [-0.39, 0.29) is 0 Å². The Bertz CT molecular complexity index is 71.7. The molecule has 0 nitrogen and oxygen atoms in total. The van der Waals surface area contributed by atoms with Crippen LogP contribution in [0.3, 0.4) is 0 Å². The third-order valence-corrected chi connectivity index (χ3v) is 1.25. The van der Waals surface area contributed by atoms with Crippen LogP contribution >= 0.6 is 15.9 Å². The lowest BCUT2D eigenvalue weighted by Gasteiger charge is -2.09. The number of rotatable bonds is 2. The number of hydrogen-bond acceptors (Lipinski definition) is 0. The smallest absolute Gasteiger partial charge is 0.204 e. The van der Waals surface area contributed by atoms with Gasteiger partial charge >= 0.3 is 12.3 Å². The van der Waals surface area contributed by atoms with E-state index in [2.05, 4.69) is 15.9 Å². The zero-order valence-corrected chi connectivity index (χ0v) is 5.26. The SMILES string of the molecule is FC(F)C(F)(F)CBr. The Labute approximate surface area is 52.0 Å². The van der Waals surface area contributed by atoms with Crippen molar-refractivity contribution in [3.8, 4) is 0 Å². The molecular formula is C3H3BrF4. The molecule has 0 aromatic carbocycles. The van der Waals surface area contributed by atoms with Crippen LogP contribution in [0, 0.1) is 0 Å². The second kappa shape index (κ2) is 2.66. The Morgan fingerprint density at radius 2 is 1.75 bits per heavy atom. The molecule has 0 amide bonds. The van der Waals surface area contributed by atoms with Crippen LogP contribution in [0.4, 0.5) is 17.6 Å². The summed E-state index contributed by atoms with van der Waals surface area (Å²) in [5.74, 6) is -3.88. The van der Waals surface area contributed by atoms with Gasteiger partial charge in [0.2, 0.25) is 0 Å². The summed E-state index contributed by atoms with van der Waals surface area (Å²) in [6.45, 7) is 0. The van der Waals surface area contributed by atoms with Crippen molar-refractivity contribution in [1.82, 2.24) is 0 Å². The van der Waals surface area contributed by atoms with Crippen LogP contribution in [0.1, 0.15) is 0 Å². The molecule has 0 atom stereocenters. The van der Waals surface area contributed by atoms with Gasteiger partial charge in [-0.25, -0.2) is 8.78 Å². The summed E-state index contributed by atoms with van der Waals surface area (Å²) in [7, 11) is 0. The third kappa shape index (κ3) is 1.98. The van der Waals surface area contributed by atoms with Gasteiger partial charge in [-0.15, -0.1) is 0 Å². The highest BCUT2D eigenvalue weighted by Gasteiger charge is 2.38. The highest BCUT2D eigenvalue weighted by atomic mass is 79.9. The fourth-order valence-corrected chi connectivity index (χ4v) is 0.303. The van der Waals surface area contributed by atoms with E-state index in [1.165, 1.54) is 0 Å². The summed E-state index contributed by atoms with van der Waals surface area (Å²) in [6.07, 6.45) is -3.57. The number of alkyl halides is 5. The zero-order chi connectivity index (χ0) is 6.78. The zero-order valence-electron chi connectivity index (χ0n) is 3.67. The molecule has 0 heterocycles. The van der Waals surface area contributed by atoms with E-state index in [9.17, 15) is 17.6 Å². The summed E-state index contributed by atoms with van der Waals surface area (Å²) in [4.78, 5) is 0. The standard InChI is InChI=1S/C3H3BrF4/c4-1-3(7,8)2(5)6/h2H,1H2. The Morgan fingerprint density at radius 1 is 1.38 bits per heavy atom. The van der Waals surface area contributed by atoms with E-state index in [4.69, 9.17) is 0 Å². The van der Waals surface area contributed by atoms with Crippen LogP contribution in [0.25, 0.3) is 0 Å². The van der Waals surface area contributed by atoms with Gasteiger partial charge in [0.15, 0.2) is 0 Å². The van der Waals surface area contributed by atoms with Gasteiger partial charge in [0.05, 0.1) is 5.33 Å². The first-order valence-electron chi connectivity index (χ1n) is 1.72. The van der Waals surface area contributed by atoms with Gasteiger partial charge in [0.25, 0.3) is 0 Å². The lowest BCUT2D eigenvalue weighted by Crippen LogP contribution is -2.27. The van der Waals surface area contributed by atoms with Gasteiger partial charge in [0.1, 0.15) is 0 Å². The fraction of sp³-hybridized carbons (Fsp3) is 1.00. The van der Waals surface area contributed by atoms with Gasteiger partial charge in [0, 0.05) is 0 Å². The predicted octanol–water partition coefficient (Wildman–Crippen LogP) is 2.28. The Hall–Kier alpha value is 0.200. The minimum atomic E-state index is -3.88. The monoisotopic (exact) mass is 194 g/mol. The largest absolute Gasteiger partial charge is 0.316 e. The molecule has 0 rings (SSSR count). The van der Waals surface area contributed by atoms with Crippen molar-refractivity contribution in [3.63, 3.8) is 0 Å². The lowest BCUT2D eigenvalue weighted by atomic mass is 10.4. The van der Waals surface area contributed by atoms with Crippen LogP contribution < -0.4 is 0 Å². The molecule has 0 unspecified atom stereocenters. The molecule has 50 valence electrons. The summed E-state index contributed by atoms with van der Waals surface area (Å²) in [6, 6.07) is 0. The summed E-state index contributed by atoms with van der Waals surface area (Å²) in [5, 5.41) is -0.988. The second-order valence-corrected chi connectivity index (χ2v) is 1.76. The molecule has 0 aliphatic carbocycles. The minimum absolute atomic E-state index is 0.988. The molecule has 0 aromatic rings. The minimum Gasteiger partial charge on any atom is -0.204 e. The van der Waals surface area contributed by atoms with Crippen molar-refractivity contribution >= 4 is 15.9 Å². The maximum Gasteiger partial charge on any atom is 0.316 e. The summed E-state index contributed by atoms with van der Waals surface area (Å²) < 4.78 is 45.0. The van der Waals surface area contributed by atoms with Gasteiger partial charge in [-0.1, -0.05) is 15.9 Å². The molecular weight excluding hydrogens is 192 g/mol. The number of halogens is 5. The van der Waals surface area contributed by atoms with Crippen molar-refractivity contribution in [2.75, 3.05) is 5.33 Å². The molecule has 8 heavy (non-hydrogen) atoms. The predicted molar refractivity (Wildman–Crippen MR) is 24.7 cm³/mol. The molecule has 0 saturated carbocycles. The number of hydrogen-bond donors (Lipinski definition) is 0. The molecule has 0 N–H and O–H groups in total. The Balaban J connectivity index is 3.71. The first-order chi connectivity index (χ1) is 3.50. The maximum absolute atomic E-state index is 11.5. The third-order valence-electron chi connectivity index (χ3n) is 0.497. The average Bonchev–Trinajstić information content (AvgIpc) is 1.67. The van der Waals surface area contributed by atoms with Crippen LogP contribution in [0.5, 0.6) is 0 Å². The molecule has 0 radical (unpaired) electrons. The second-order valence-electron chi connectivity index (χ2n) is 1.20. The maximum atomic E-state index is 11.5. The first kappa shape index (κ1) is 8.20. The molecule has 0 aliphatic heterocycles. The van der Waals surface area contributed by atoms with E-state index < -0.39 is 17.7 Å². The molecule has 0 aromatic heterocycles.